The first-order chi connectivity index (χ1) is 8.17. The topological polar surface area (TPSA) is 67.6 Å². The molecule has 0 fully saturated rings. The molecule has 0 aromatic heterocycles. The molecule has 0 aromatic rings. The molecule has 0 aliphatic carbocycles. The largest absolute Gasteiger partial charge is 0.385 e. The number of methoxy groups -OCH3 is 1. The van der Waals surface area contributed by atoms with Crippen molar-refractivity contribution in [3.05, 3.63) is 0 Å². The summed E-state index contributed by atoms with van der Waals surface area (Å²) in [6.07, 6.45) is 1.78. The number of rotatable bonds is 10. The van der Waals surface area contributed by atoms with Crippen LogP contribution < -0.4 is 11.1 Å². The zero-order chi connectivity index (χ0) is 13.1. The fourth-order valence-corrected chi connectivity index (χ4v) is 1.66. The summed E-state index contributed by atoms with van der Waals surface area (Å²) >= 11 is 0. The van der Waals surface area contributed by atoms with E-state index in [9.17, 15) is 4.79 Å². The van der Waals surface area contributed by atoms with Gasteiger partial charge in [0.15, 0.2) is 0 Å². The highest BCUT2D eigenvalue weighted by Crippen LogP contribution is 2.00. The average molecular weight is 245 g/mol. The van der Waals surface area contributed by atoms with Gasteiger partial charge in [0.25, 0.3) is 0 Å². The lowest BCUT2D eigenvalue weighted by Crippen LogP contribution is -2.46. The number of nitrogens with one attached hydrogen (secondary N) is 1. The van der Waals surface area contributed by atoms with E-state index in [1.54, 1.807) is 7.11 Å². The summed E-state index contributed by atoms with van der Waals surface area (Å²) in [4.78, 5) is 14.0. The van der Waals surface area contributed by atoms with Gasteiger partial charge >= 0.3 is 0 Å². The molecule has 3 N–H and O–H groups in total. The van der Waals surface area contributed by atoms with Crippen LogP contribution in [0.3, 0.4) is 0 Å². The maximum atomic E-state index is 11.8. The average Bonchev–Trinajstić information content (AvgIpc) is 2.35. The molecule has 0 saturated heterocycles. The maximum Gasteiger partial charge on any atom is 0.237 e. The van der Waals surface area contributed by atoms with Crippen molar-refractivity contribution in [1.29, 1.82) is 0 Å². The van der Waals surface area contributed by atoms with Crippen LogP contribution in [0.5, 0.6) is 0 Å². The zero-order valence-corrected chi connectivity index (χ0v) is 11.4. The molecule has 0 spiro atoms. The molecule has 5 heteroatoms. The van der Waals surface area contributed by atoms with Crippen LogP contribution in [0, 0.1) is 0 Å². The molecule has 1 unspecified atom stereocenters. The van der Waals surface area contributed by atoms with Crippen LogP contribution in [-0.4, -0.2) is 56.7 Å². The van der Waals surface area contributed by atoms with E-state index < -0.39 is 0 Å². The summed E-state index contributed by atoms with van der Waals surface area (Å²) in [5.74, 6) is 0.0833. The Morgan fingerprint density at radius 3 is 2.71 bits per heavy atom. The Morgan fingerprint density at radius 2 is 2.18 bits per heavy atom. The quantitative estimate of drug-likeness (QED) is 0.540. The highest BCUT2D eigenvalue weighted by atomic mass is 16.5. The van der Waals surface area contributed by atoms with E-state index in [1.165, 1.54) is 0 Å². The fraction of sp³-hybridized carbons (Fsp3) is 0.917. The third kappa shape index (κ3) is 7.31. The van der Waals surface area contributed by atoms with Crippen LogP contribution in [0.25, 0.3) is 0 Å². The Kier molecular flexibility index (Phi) is 10.1. The Bertz CT molecular complexity index is 200. The normalized spacial score (nSPS) is 12.8. The third-order valence-corrected chi connectivity index (χ3v) is 2.81. The first-order valence-electron chi connectivity index (χ1n) is 6.38. The van der Waals surface area contributed by atoms with Gasteiger partial charge in [-0.15, -0.1) is 0 Å². The summed E-state index contributed by atoms with van der Waals surface area (Å²) < 4.78 is 4.93. The molecule has 0 bridgehead atoms. The number of hydrogen-bond donors (Lipinski definition) is 2. The maximum absolute atomic E-state index is 11.8. The minimum Gasteiger partial charge on any atom is -0.385 e. The van der Waals surface area contributed by atoms with Crippen molar-refractivity contribution in [2.45, 2.75) is 32.7 Å². The van der Waals surface area contributed by atoms with E-state index in [0.717, 1.165) is 25.9 Å². The molecular formula is C12H27N3O2. The van der Waals surface area contributed by atoms with E-state index in [4.69, 9.17) is 10.5 Å². The minimum absolute atomic E-state index is 0.0833. The molecule has 0 saturated carbocycles. The van der Waals surface area contributed by atoms with Crippen molar-refractivity contribution in [2.24, 2.45) is 5.73 Å². The van der Waals surface area contributed by atoms with Crippen molar-refractivity contribution in [3.63, 3.8) is 0 Å². The second kappa shape index (κ2) is 10.5. The van der Waals surface area contributed by atoms with Crippen LogP contribution in [-0.2, 0) is 9.53 Å². The predicted octanol–water partition coefficient (Wildman–Crippen LogP) is 0.198. The summed E-state index contributed by atoms with van der Waals surface area (Å²) in [6.45, 7) is 7.76. The lowest BCUT2D eigenvalue weighted by atomic mass is 10.2. The number of amides is 1. The van der Waals surface area contributed by atoms with Gasteiger partial charge < -0.3 is 15.8 Å². The summed E-state index contributed by atoms with van der Waals surface area (Å²) in [6, 6.07) is -0.0888. The molecule has 0 aromatic carbocycles. The molecule has 17 heavy (non-hydrogen) atoms. The lowest BCUT2D eigenvalue weighted by molar-refractivity contribution is -0.125. The number of nitrogens with zero attached hydrogens (tertiary/aromatic N) is 1. The van der Waals surface area contributed by atoms with Gasteiger partial charge in [-0.3, -0.25) is 9.69 Å². The number of carbonyl (C=O) groups excluding carboxylic acids is 1. The number of carbonyl (C=O) groups is 1. The third-order valence-electron chi connectivity index (χ3n) is 2.81. The second-order valence-corrected chi connectivity index (χ2v) is 4.08. The molecule has 0 heterocycles. The first-order valence-corrected chi connectivity index (χ1v) is 6.38. The molecule has 0 radical (unpaired) electrons. The van der Waals surface area contributed by atoms with Crippen molar-refractivity contribution < 1.29 is 9.53 Å². The van der Waals surface area contributed by atoms with E-state index in [2.05, 4.69) is 17.1 Å². The molecule has 0 aliphatic heterocycles. The van der Waals surface area contributed by atoms with Gasteiger partial charge in [0.05, 0.1) is 6.04 Å². The SMILES string of the molecule is CCN(CCCN)C(C)C(=O)NCCCOC. The molecule has 102 valence electrons. The first kappa shape index (κ1) is 16.4. The summed E-state index contributed by atoms with van der Waals surface area (Å²) in [5, 5.41) is 2.92. The molecule has 0 aliphatic rings. The van der Waals surface area contributed by atoms with Crippen LogP contribution >= 0.6 is 0 Å². The highest BCUT2D eigenvalue weighted by molar-refractivity contribution is 5.81. The highest BCUT2D eigenvalue weighted by Gasteiger charge is 2.18. The number of likely N-dealkylation sites (N-methyl/N-ethyl adjacent to an activating group) is 1. The molecular weight excluding hydrogens is 218 g/mol. The van der Waals surface area contributed by atoms with Gasteiger partial charge in [0.2, 0.25) is 5.91 Å². The van der Waals surface area contributed by atoms with E-state index >= 15 is 0 Å². The Balaban J connectivity index is 3.90. The van der Waals surface area contributed by atoms with Crippen molar-refractivity contribution in [3.8, 4) is 0 Å². The monoisotopic (exact) mass is 245 g/mol. The zero-order valence-electron chi connectivity index (χ0n) is 11.4. The summed E-state index contributed by atoms with van der Waals surface area (Å²) in [7, 11) is 1.66. The Morgan fingerprint density at radius 1 is 1.47 bits per heavy atom. The smallest absolute Gasteiger partial charge is 0.237 e. The minimum atomic E-state index is -0.0888. The molecule has 1 atom stereocenters. The van der Waals surface area contributed by atoms with Crippen LogP contribution in [0.1, 0.15) is 26.7 Å². The van der Waals surface area contributed by atoms with E-state index in [0.29, 0.717) is 19.7 Å². The van der Waals surface area contributed by atoms with Crippen molar-refractivity contribution in [1.82, 2.24) is 10.2 Å². The van der Waals surface area contributed by atoms with Gasteiger partial charge in [0, 0.05) is 26.8 Å². The second-order valence-electron chi connectivity index (χ2n) is 4.08. The molecule has 5 nitrogen and oxygen atoms in total. The predicted molar refractivity (Wildman–Crippen MR) is 69.9 cm³/mol. The van der Waals surface area contributed by atoms with E-state index in [1.807, 2.05) is 6.92 Å². The van der Waals surface area contributed by atoms with Crippen LogP contribution in [0.2, 0.25) is 0 Å². The van der Waals surface area contributed by atoms with E-state index in [-0.39, 0.29) is 11.9 Å². The Hall–Kier alpha value is -0.650. The van der Waals surface area contributed by atoms with Crippen LogP contribution in [0.4, 0.5) is 0 Å². The number of hydrogen-bond acceptors (Lipinski definition) is 4. The van der Waals surface area contributed by atoms with Gasteiger partial charge in [-0.25, -0.2) is 0 Å². The standard InChI is InChI=1S/C12H27N3O2/c1-4-15(9-5-7-13)11(2)12(16)14-8-6-10-17-3/h11H,4-10,13H2,1-3H3,(H,14,16). The molecule has 1 amide bonds. The fourth-order valence-electron chi connectivity index (χ4n) is 1.66. The van der Waals surface area contributed by atoms with Crippen molar-refractivity contribution >= 4 is 5.91 Å². The van der Waals surface area contributed by atoms with Gasteiger partial charge in [-0.2, -0.15) is 0 Å². The van der Waals surface area contributed by atoms with Gasteiger partial charge in [0.1, 0.15) is 0 Å². The molecule has 0 rings (SSSR count). The van der Waals surface area contributed by atoms with Gasteiger partial charge in [-0.1, -0.05) is 6.92 Å². The van der Waals surface area contributed by atoms with Crippen LogP contribution in [0.15, 0.2) is 0 Å². The Labute approximate surface area is 105 Å². The van der Waals surface area contributed by atoms with Gasteiger partial charge in [-0.05, 0) is 32.9 Å². The summed E-state index contributed by atoms with van der Waals surface area (Å²) in [5.41, 5.74) is 5.48. The lowest BCUT2D eigenvalue weighted by Gasteiger charge is -2.26. The van der Waals surface area contributed by atoms with Crippen molar-refractivity contribution in [2.75, 3.05) is 39.9 Å². The number of ether oxygens (including phenoxy) is 1. The number of nitrogens with two attached hydrogens (primary N) is 1.